The molecular weight excluding hydrogens is 268 g/mol. The van der Waals surface area contributed by atoms with Crippen LogP contribution in [0.1, 0.15) is 23.7 Å². The molecule has 0 aliphatic rings. The number of benzene rings is 1. The molecule has 0 unspecified atom stereocenters. The zero-order chi connectivity index (χ0) is 15.1. The predicted octanol–water partition coefficient (Wildman–Crippen LogP) is 1.26. The Kier molecular flexibility index (Phi) is 5.89. The van der Waals surface area contributed by atoms with Crippen LogP contribution in [-0.2, 0) is 4.79 Å². The second kappa shape index (κ2) is 7.42. The number of amides is 2. The highest BCUT2D eigenvalue weighted by Gasteiger charge is 2.14. The molecule has 5 nitrogen and oxygen atoms in total. The lowest BCUT2D eigenvalue weighted by Crippen LogP contribution is -2.37. The van der Waals surface area contributed by atoms with Gasteiger partial charge in [-0.15, -0.1) is 0 Å². The molecule has 20 heavy (non-hydrogen) atoms. The highest BCUT2D eigenvalue weighted by molar-refractivity contribution is 5.96. The molecule has 1 aromatic rings. The van der Waals surface area contributed by atoms with E-state index in [2.05, 4.69) is 16.0 Å². The van der Waals surface area contributed by atoms with E-state index in [1.54, 1.807) is 0 Å². The van der Waals surface area contributed by atoms with Crippen LogP contribution in [0, 0.1) is 11.6 Å². The van der Waals surface area contributed by atoms with Crippen LogP contribution >= 0.6 is 0 Å². The van der Waals surface area contributed by atoms with E-state index in [0.29, 0.717) is 6.54 Å². The highest BCUT2D eigenvalue weighted by Crippen LogP contribution is 2.19. The molecule has 1 rings (SSSR count). The summed E-state index contributed by atoms with van der Waals surface area (Å²) in [5, 5.41) is 7.22. The summed E-state index contributed by atoms with van der Waals surface area (Å²) >= 11 is 0. The monoisotopic (exact) mass is 285 g/mol. The van der Waals surface area contributed by atoms with Crippen molar-refractivity contribution in [3.63, 3.8) is 0 Å². The van der Waals surface area contributed by atoms with Gasteiger partial charge in [0, 0.05) is 19.2 Å². The third-order valence-corrected chi connectivity index (χ3v) is 2.54. The normalized spacial score (nSPS) is 10.0. The molecule has 0 heterocycles. The number of hydrogen-bond donors (Lipinski definition) is 3. The number of anilines is 1. The fourth-order valence-corrected chi connectivity index (χ4v) is 1.53. The largest absolute Gasteiger partial charge is 0.383 e. The third-order valence-electron chi connectivity index (χ3n) is 2.54. The first-order valence-electron chi connectivity index (χ1n) is 6.21. The van der Waals surface area contributed by atoms with Crippen LogP contribution in [0.4, 0.5) is 14.5 Å². The Labute approximate surface area is 115 Å². The van der Waals surface area contributed by atoms with Crippen molar-refractivity contribution in [1.82, 2.24) is 10.6 Å². The van der Waals surface area contributed by atoms with E-state index in [9.17, 15) is 18.4 Å². The summed E-state index contributed by atoms with van der Waals surface area (Å²) in [5.41, 5.74) is -0.482. The van der Waals surface area contributed by atoms with Gasteiger partial charge in [-0.2, -0.15) is 0 Å². The molecule has 0 saturated heterocycles. The van der Waals surface area contributed by atoms with Crippen molar-refractivity contribution < 1.29 is 18.4 Å². The van der Waals surface area contributed by atoms with Gasteiger partial charge in [0.05, 0.1) is 6.54 Å². The second-order valence-corrected chi connectivity index (χ2v) is 4.10. The average molecular weight is 285 g/mol. The van der Waals surface area contributed by atoms with Gasteiger partial charge in [-0.05, 0) is 18.6 Å². The maximum atomic E-state index is 13.5. The molecule has 0 spiro atoms. The van der Waals surface area contributed by atoms with Crippen LogP contribution in [0.15, 0.2) is 12.1 Å². The summed E-state index contributed by atoms with van der Waals surface area (Å²) in [6.07, 6.45) is 0.779. The van der Waals surface area contributed by atoms with E-state index in [0.717, 1.165) is 18.6 Å². The summed E-state index contributed by atoms with van der Waals surface area (Å²) in [6, 6.07) is 1.82. The number of rotatable bonds is 6. The van der Waals surface area contributed by atoms with Gasteiger partial charge in [-0.1, -0.05) is 6.92 Å². The zero-order valence-corrected chi connectivity index (χ0v) is 11.3. The Hall–Kier alpha value is -2.18. The fraction of sp³-hybridized carbons (Fsp3) is 0.385. The summed E-state index contributed by atoms with van der Waals surface area (Å²) in [5.74, 6) is -2.80. The van der Waals surface area contributed by atoms with E-state index < -0.39 is 17.5 Å². The van der Waals surface area contributed by atoms with Gasteiger partial charge in [-0.25, -0.2) is 8.78 Å². The van der Waals surface area contributed by atoms with Gasteiger partial charge in [0.1, 0.15) is 17.3 Å². The first-order chi connectivity index (χ1) is 9.49. The molecule has 0 aliphatic carbocycles. The van der Waals surface area contributed by atoms with Crippen LogP contribution in [0.25, 0.3) is 0 Å². The second-order valence-electron chi connectivity index (χ2n) is 4.10. The Bertz CT molecular complexity index is 483. The SMILES string of the molecule is CCCNC(=O)CNC(=O)c1cc(F)c(NC)c(F)c1. The van der Waals surface area contributed by atoms with Crippen LogP contribution in [0.2, 0.25) is 0 Å². The molecule has 0 bridgehead atoms. The predicted molar refractivity (Wildman–Crippen MR) is 71.5 cm³/mol. The van der Waals surface area contributed by atoms with Crippen molar-refractivity contribution in [1.29, 1.82) is 0 Å². The minimum Gasteiger partial charge on any atom is -0.383 e. The summed E-state index contributed by atoms with van der Waals surface area (Å²) in [6.45, 7) is 2.17. The van der Waals surface area contributed by atoms with Crippen LogP contribution in [0.3, 0.4) is 0 Å². The average Bonchev–Trinajstić information content (AvgIpc) is 2.42. The molecule has 0 aromatic heterocycles. The van der Waals surface area contributed by atoms with Gasteiger partial charge in [-0.3, -0.25) is 9.59 Å². The van der Waals surface area contributed by atoms with Crippen molar-refractivity contribution in [2.75, 3.05) is 25.5 Å². The minimum atomic E-state index is -0.868. The lowest BCUT2D eigenvalue weighted by molar-refractivity contribution is -0.120. The topological polar surface area (TPSA) is 70.2 Å². The van der Waals surface area contributed by atoms with Crippen LogP contribution in [-0.4, -0.2) is 32.0 Å². The van der Waals surface area contributed by atoms with E-state index in [-0.39, 0.29) is 23.7 Å². The summed E-state index contributed by atoms with van der Waals surface area (Å²) in [4.78, 5) is 23.0. The third kappa shape index (κ3) is 4.18. The van der Waals surface area contributed by atoms with Crippen molar-refractivity contribution >= 4 is 17.5 Å². The maximum Gasteiger partial charge on any atom is 0.251 e. The van der Waals surface area contributed by atoms with Gasteiger partial charge in [0.2, 0.25) is 5.91 Å². The Morgan fingerprint density at radius 2 is 1.75 bits per heavy atom. The van der Waals surface area contributed by atoms with Crippen molar-refractivity contribution in [3.05, 3.63) is 29.3 Å². The molecule has 7 heteroatoms. The van der Waals surface area contributed by atoms with E-state index in [1.165, 1.54) is 7.05 Å². The van der Waals surface area contributed by atoms with Gasteiger partial charge in [0.25, 0.3) is 5.91 Å². The number of hydrogen-bond acceptors (Lipinski definition) is 3. The molecule has 0 fully saturated rings. The van der Waals surface area contributed by atoms with Gasteiger partial charge >= 0.3 is 0 Å². The van der Waals surface area contributed by atoms with Crippen LogP contribution in [0.5, 0.6) is 0 Å². The molecule has 0 saturated carbocycles. The smallest absolute Gasteiger partial charge is 0.251 e. The standard InChI is InChI=1S/C13H17F2N3O2/c1-3-4-17-11(19)7-18-13(20)8-5-9(14)12(16-2)10(15)6-8/h5-6,16H,3-4,7H2,1-2H3,(H,17,19)(H,18,20). The first-order valence-corrected chi connectivity index (χ1v) is 6.21. The van der Waals surface area contributed by atoms with E-state index in [1.807, 2.05) is 6.92 Å². The number of carbonyl (C=O) groups is 2. The van der Waals surface area contributed by atoms with Crippen molar-refractivity contribution in [3.8, 4) is 0 Å². The summed E-state index contributed by atoms with van der Waals surface area (Å²) in [7, 11) is 1.37. The molecule has 2 amide bonds. The molecule has 0 aliphatic heterocycles. The highest BCUT2D eigenvalue weighted by atomic mass is 19.1. The lowest BCUT2D eigenvalue weighted by atomic mass is 10.1. The van der Waals surface area contributed by atoms with Gasteiger partial charge < -0.3 is 16.0 Å². The Morgan fingerprint density at radius 1 is 1.15 bits per heavy atom. The van der Waals surface area contributed by atoms with Crippen molar-refractivity contribution in [2.24, 2.45) is 0 Å². The number of carbonyl (C=O) groups excluding carboxylic acids is 2. The molecule has 110 valence electrons. The van der Waals surface area contributed by atoms with Gasteiger partial charge in [0.15, 0.2) is 0 Å². The molecule has 1 aromatic carbocycles. The number of nitrogens with one attached hydrogen (secondary N) is 3. The maximum absolute atomic E-state index is 13.5. The molecule has 0 atom stereocenters. The Morgan fingerprint density at radius 3 is 2.25 bits per heavy atom. The number of halogens is 2. The van der Waals surface area contributed by atoms with Crippen molar-refractivity contribution in [2.45, 2.75) is 13.3 Å². The van der Waals surface area contributed by atoms with Crippen LogP contribution < -0.4 is 16.0 Å². The summed E-state index contributed by atoms with van der Waals surface area (Å²) < 4.78 is 27.0. The first kappa shape index (κ1) is 15.9. The zero-order valence-electron chi connectivity index (χ0n) is 11.3. The quantitative estimate of drug-likeness (QED) is 0.737. The fourth-order valence-electron chi connectivity index (χ4n) is 1.53. The molecular formula is C13H17F2N3O2. The Balaban J connectivity index is 2.67. The lowest BCUT2D eigenvalue weighted by Gasteiger charge is -2.08. The van der Waals surface area contributed by atoms with E-state index >= 15 is 0 Å². The van der Waals surface area contributed by atoms with E-state index in [4.69, 9.17) is 0 Å². The minimum absolute atomic E-state index is 0.178. The molecule has 0 radical (unpaired) electrons. The molecule has 3 N–H and O–H groups in total.